The number of hydrogen-bond donors (Lipinski definition) is 1. The highest BCUT2D eigenvalue weighted by Gasteiger charge is 2.12. The molecule has 0 atom stereocenters. The molecule has 1 aliphatic rings. The standard InChI is InChI=1S/C18H18FNO2/c19-16-5-1-13(2-6-16)4-8-18(21)20-12-14-3-7-17-15(11-14)9-10-22-17/h1-3,5-7,11H,4,8-10,12H2,(H,20,21). The molecule has 1 N–H and O–H groups in total. The fourth-order valence-electron chi connectivity index (χ4n) is 2.55. The van der Waals surface area contributed by atoms with Crippen molar-refractivity contribution >= 4 is 5.91 Å². The summed E-state index contributed by atoms with van der Waals surface area (Å²) in [4.78, 5) is 11.9. The lowest BCUT2D eigenvalue weighted by Gasteiger charge is -2.07. The SMILES string of the molecule is O=C(CCc1ccc(F)cc1)NCc1ccc2c(c1)CCO2. The van der Waals surface area contributed by atoms with Crippen LogP contribution in [0.25, 0.3) is 0 Å². The lowest BCUT2D eigenvalue weighted by Crippen LogP contribution is -2.23. The van der Waals surface area contributed by atoms with E-state index in [4.69, 9.17) is 4.74 Å². The minimum Gasteiger partial charge on any atom is -0.493 e. The Morgan fingerprint density at radius 3 is 2.73 bits per heavy atom. The molecule has 114 valence electrons. The first-order chi connectivity index (χ1) is 10.7. The van der Waals surface area contributed by atoms with Gasteiger partial charge in [-0.05, 0) is 41.3 Å². The third-order valence-electron chi connectivity index (χ3n) is 3.80. The second-order valence-electron chi connectivity index (χ2n) is 5.44. The van der Waals surface area contributed by atoms with Crippen LogP contribution in [0, 0.1) is 5.82 Å². The zero-order chi connectivity index (χ0) is 15.4. The Labute approximate surface area is 129 Å². The molecule has 0 saturated heterocycles. The maximum absolute atomic E-state index is 12.8. The third-order valence-corrected chi connectivity index (χ3v) is 3.80. The normalized spacial score (nSPS) is 12.6. The molecule has 1 amide bonds. The monoisotopic (exact) mass is 299 g/mol. The van der Waals surface area contributed by atoms with E-state index in [0.717, 1.165) is 29.9 Å². The van der Waals surface area contributed by atoms with Crippen molar-refractivity contribution in [2.24, 2.45) is 0 Å². The highest BCUT2D eigenvalue weighted by Crippen LogP contribution is 2.25. The van der Waals surface area contributed by atoms with Crippen molar-refractivity contribution in [3.05, 3.63) is 65.0 Å². The summed E-state index contributed by atoms with van der Waals surface area (Å²) < 4.78 is 18.3. The summed E-state index contributed by atoms with van der Waals surface area (Å²) in [5.74, 6) is 0.696. The average Bonchev–Trinajstić information content (AvgIpc) is 3.00. The maximum Gasteiger partial charge on any atom is 0.220 e. The van der Waals surface area contributed by atoms with Crippen LogP contribution >= 0.6 is 0 Å². The first kappa shape index (κ1) is 14.6. The van der Waals surface area contributed by atoms with Gasteiger partial charge < -0.3 is 10.1 Å². The van der Waals surface area contributed by atoms with Gasteiger partial charge >= 0.3 is 0 Å². The van der Waals surface area contributed by atoms with Crippen molar-refractivity contribution in [2.75, 3.05) is 6.61 Å². The van der Waals surface area contributed by atoms with E-state index in [1.165, 1.54) is 17.7 Å². The van der Waals surface area contributed by atoms with Crippen LogP contribution in [0.5, 0.6) is 5.75 Å². The van der Waals surface area contributed by atoms with Gasteiger partial charge in [0, 0.05) is 19.4 Å². The van der Waals surface area contributed by atoms with Crippen LogP contribution in [0.3, 0.4) is 0 Å². The summed E-state index contributed by atoms with van der Waals surface area (Å²) >= 11 is 0. The molecule has 1 heterocycles. The summed E-state index contributed by atoms with van der Waals surface area (Å²) in [5, 5.41) is 2.92. The molecule has 1 aliphatic heterocycles. The lowest BCUT2D eigenvalue weighted by atomic mass is 10.1. The van der Waals surface area contributed by atoms with Crippen molar-refractivity contribution in [2.45, 2.75) is 25.8 Å². The van der Waals surface area contributed by atoms with E-state index in [1.54, 1.807) is 12.1 Å². The summed E-state index contributed by atoms with van der Waals surface area (Å²) in [6.07, 6.45) is 1.95. The first-order valence-electron chi connectivity index (χ1n) is 7.46. The maximum atomic E-state index is 12.8. The van der Waals surface area contributed by atoms with E-state index < -0.39 is 0 Å². The largest absolute Gasteiger partial charge is 0.493 e. The number of fused-ring (bicyclic) bond motifs is 1. The second-order valence-corrected chi connectivity index (χ2v) is 5.44. The molecule has 2 aromatic rings. The van der Waals surface area contributed by atoms with E-state index in [0.29, 0.717) is 19.4 Å². The lowest BCUT2D eigenvalue weighted by molar-refractivity contribution is -0.121. The molecular weight excluding hydrogens is 281 g/mol. The van der Waals surface area contributed by atoms with Crippen molar-refractivity contribution in [1.29, 1.82) is 0 Å². The number of nitrogens with one attached hydrogen (secondary N) is 1. The summed E-state index contributed by atoms with van der Waals surface area (Å²) in [7, 11) is 0. The number of ether oxygens (including phenoxy) is 1. The van der Waals surface area contributed by atoms with E-state index in [1.807, 2.05) is 12.1 Å². The molecule has 0 saturated carbocycles. The smallest absolute Gasteiger partial charge is 0.220 e. The highest BCUT2D eigenvalue weighted by molar-refractivity contribution is 5.76. The van der Waals surface area contributed by atoms with Gasteiger partial charge in [0.15, 0.2) is 0 Å². The molecule has 3 rings (SSSR count). The van der Waals surface area contributed by atoms with Crippen LogP contribution in [0.2, 0.25) is 0 Å². The molecule has 4 heteroatoms. The number of hydrogen-bond acceptors (Lipinski definition) is 2. The van der Waals surface area contributed by atoms with Crippen LogP contribution in [-0.4, -0.2) is 12.5 Å². The van der Waals surface area contributed by atoms with Gasteiger partial charge in [-0.1, -0.05) is 24.3 Å². The molecule has 3 nitrogen and oxygen atoms in total. The topological polar surface area (TPSA) is 38.3 Å². The van der Waals surface area contributed by atoms with Gasteiger partial charge in [0.1, 0.15) is 11.6 Å². The minimum absolute atomic E-state index is 0.000994. The van der Waals surface area contributed by atoms with E-state index in [9.17, 15) is 9.18 Å². The van der Waals surface area contributed by atoms with Crippen molar-refractivity contribution in [1.82, 2.24) is 5.32 Å². The highest BCUT2D eigenvalue weighted by atomic mass is 19.1. The predicted octanol–water partition coefficient (Wildman–Crippen LogP) is 3.01. The van der Waals surface area contributed by atoms with E-state index >= 15 is 0 Å². The number of carbonyl (C=O) groups excluding carboxylic acids is 1. The van der Waals surface area contributed by atoms with E-state index in [-0.39, 0.29) is 11.7 Å². The van der Waals surface area contributed by atoms with Crippen LogP contribution in [0.15, 0.2) is 42.5 Å². The zero-order valence-corrected chi connectivity index (χ0v) is 12.3. The van der Waals surface area contributed by atoms with Crippen LogP contribution in [0.1, 0.15) is 23.1 Å². The number of amides is 1. The van der Waals surface area contributed by atoms with Crippen LogP contribution < -0.4 is 10.1 Å². The van der Waals surface area contributed by atoms with Crippen LogP contribution in [0.4, 0.5) is 4.39 Å². The van der Waals surface area contributed by atoms with Gasteiger partial charge in [0.25, 0.3) is 0 Å². The van der Waals surface area contributed by atoms with Crippen molar-refractivity contribution in [3.8, 4) is 5.75 Å². The molecular formula is C18H18FNO2. The Hall–Kier alpha value is -2.36. The summed E-state index contributed by atoms with van der Waals surface area (Å²) in [6.45, 7) is 1.26. The molecule has 0 radical (unpaired) electrons. The number of halogens is 1. The molecule has 0 aromatic heterocycles. The fraction of sp³-hybridized carbons (Fsp3) is 0.278. The number of aryl methyl sites for hydroxylation is 1. The molecule has 0 aliphatic carbocycles. The van der Waals surface area contributed by atoms with Crippen LogP contribution in [-0.2, 0) is 24.2 Å². The molecule has 22 heavy (non-hydrogen) atoms. The van der Waals surface area contributed by atoms with Gasteiger partial charge in [0.2, 0.25) is 5.91 Å². The van der Waals surface area contributed by atoms with Gasteiger partial charge in [0.05, 0.1) is 6.61 Å². The average molecular weight is 299 g/mol. The summed E-state index contributed by atoms with van der Waals surface area (Å²) in [6, 6.07) is 12.3. The van der Waals surface area contributed by atoms with Gasteiger partial charge in [-0.15, -0.1) is 0 Å². The Kier molecular flexibility index (Phi) is 4.37. The quantitative estimate of drug-likeness (QED) is 0.921. The van der Waals surface area contributed by atoms with Crippen molar-refractivity contribution < 1.29 is 13.9 Å². The zero-order valence-electron chi connectivity index (χ0n) is 12.3. The third kappa shape index (κ3) is 3.64. The molecule has 2 aromatic carbocycles. The predicted molar refractivity (Wildman–Crippen MR) is 82.2 cm³/mol. The molecule has 0 bridgehead atoms. The molecule has 0 spiro atoms. The van der Waals surface area contributed by atoms with Gasteiger partial charge in [-0.2, -0.15) is 0 Å². The number of rotatable bonds is 5. The number of benzene rings is 2. The minimum atomic E-state index is -0.256. The Bertz CT molecular complexity index is 667. The molecule has 0 unspecified atom stereocenters. The fourth-order valence-corrected chi connectivity index (χ4v) is 2.55. The Morgan fingerprint density at radius 2 is 1.91 bits per heavy atom. The number of carbonyl (C=O) groups is 1. The Balaban J connectivity index is 1.47. The van der Waals surface area contributed by atoms with Gasteiger partial charge in [-0.3, -0.25) is 4.79 Å². The molecule has 0 fully saturated rings. The van der Waals surface area contributed by atoms with E-state index in [2.05, 4.69) is 11.4 Å². The van der Waals surface area contributed by atoms with Gasteiger partial charge in [-0.25, -0.2) is 4.39 Å². The Morgan fingerprint density at radius 1 is 1.14 bits per heavy atom. The second kappa shape index (κ2) is 6.60. The summed E-state index contributed by atoms with van der Waals surface area (Å²) in [5.41, 5.74) is 3.25. The van der Waals surface area contributed by atoms with Crippen molar-refractivity contribution in [3.63, 3.8) is 0 Å². The first-order valence-corrected chi connectivity index (χ1v) is 7.46.